The Balaban J connectivity index is 1.41. The van der Waals surface area contributed by atoms with Gasteiger partial charge >= 0.3 is 0 Å². The van der Waals surface area contributed by atoms with Crippen LogP contribution in [-0.4, -0.2) is 42.9 Å². The summed E-state index contributed by atoms with van der Waals surface area (Å²) >= 11 is 0. The second-order valence-electron chi connectivity index (χ2n) is 7.99. The van der Waals surface area contributed by atoms with Crippen molar-refractivity contribution in [2.45, 2.75) is 20.0 Å². The molecule has 1 heterocycles. The van der Waals surface area contributed by atoms with Gasteiger partial charge in [-0.05, 0) is 35.9 Å². The van der Waals surface area contributed by atoms with Crippen LogP contribution in [0.3, 0.4) is 0 Å². The lowest BCUT2D eigenvalue weighted by Gasteiger charge is -2.36. The number of para-hydroxylation sites is 2. The van der Waals surface area contributed by atoms with Gasteiger partial charge in [-0.2, -0.15) is 0 Å². The third-order valence-electron chi connectivity index (χ3n) is 5.77. The van der Waals surface area contributed by atoms with Crippen LogP contribution in [0.2, 0.25) is 0 Å². The highest BCUT2D eigenvalue weighted by molar-refractivity contribution is 6.06. The number of rotatable bonds is 7. The van der Waals surface area contributed by atoms with E-state index in [9.17, 15) is 9.59 Å². The number of benzene rings is 3. The molecule has 0 bridgehead atoms. The van der Waals surface area contributed by atoms with E-state index in [-0.39, 0.29) is 11.8 Å². The van der Waals surface area contributed by atoms with Crippen LogP contribution in [0.15, 0.2) is 78.9 Å². The van der Waals surface area contributed by atoms with Gasteiger partial charge in [-0.15, -0.1) is 0 Å². The van der Waals surface area contributed by atoms with E-state index in [0.29, 0.717) is 37.4 Å². The number of nitrogens with zero attached hydrogens (tertiary/aromatic N) is 2. The SMILES string of the molecule is CCC(=O)N1CCN(c2ccccc2NC(=O)c2cccc(OCc3ccccc3)c2)CC1. The number of ether oxygens (including phenoxy) is 1. The quantitative estimate of drug-likeness (QED) is 0.581. The third kappa shape index (κ3) is 5.71. The van der Waals surface area contributed by atoms with Gasteiger partial charge < -0.3 is 19.9 Å². The van der Waals surface area contributed by atoms with Crippen molar-refractivity contribution >= 4 is 23.2 Å². The first kappa shape index (κ1) is 22.4. The Morgan fingerprint density at radius 2 is 1.61 bits per heavy atom. The highest BCUT2D eigenvalue weighted by atomic mass is 16.5. The van der Waals surface area contributed by atoms with E-state index in [2.05, 4.69) is 10.2 Å². The summed E-state index contributed by atoms with van der Waals surface area (Å²) in [6, 6.07) is 24.9. The second-order valence-corrected chi connectivity index (χ2v) is 7.99. The first-order chi connectivity index (χ1) is 16.1. The van der Waals surface area contributed by atoms with Gasteiger partial charge in [-0.1, -0.05) is 55.5 Å². The van der Waals surface area contributed by atoms with E-state index in [4.69, 9.17) is 4.74 Å². The van der Waals surface area contributed by atoms with E-state index < -0.39 is 0 Å². The molecule has 33 heavy (non-hydrogen) atoms. The predicted molar refractivity (Wildman–Crippen MR) is 131 cm³/mol. The summed E-state index contributed by atoms with van der Waals surface area (Å²) in [5, 5.41) is 3.05. The molecule has 0 aliphatic carbocycles. The molecule has 0 spiro atoms. The molecule has 1 N–H and O–H groups in total. The Morgan fingerprint density at radius 1 is 0.879 bits per heavy atom. The van der Waals surface area contributed by atoms with Crippen molar-refractivity contribution in [2.24, 2.45) is 0 Å². The zero-order chi connectivity index (χ0) is 23.0. The van der Waals surface area contributed by atoms with E-state index in [1.807, 2.05) is 78.6 Å². The number of piperazine rings is 1. The summed E-state index contributed by atoms with van der Waals surface area (Å²) in [6.45, 7) is 5.19. The largest absolute Gasteiger partial charge is 0.489 e. The van der Waals surface area contributed by atoms with Crippen LogP contribution in [0.4, 0.5) is 11.4 Å². The summed E-state index contributed by atoms with van der Waals surface area (Å²) in [6.07, 6.45) is 0.529. The molecule has 0 aromatic heterocycles. The van der Waals surface area contributed by atoms with Crippen LogP contribution < -0.4 is 15.0 Å². The van der Waals surface area contributed by atoms with Gasteiger partial charge in [0, 0.05) is 38.2 Å². The normalized spacial score (nSPS) is 13.5. The van der Waals surface area contributed by atoms with Crippen molar-refractivity contribution < 1.29 is 14.3 Å². The van der Waals surface area contributed by atoms with Gasteiger partial charge in [0.2, 0.25) is 5.91 Å². The average Bonchev–Trinajstić information content (AvgIpc) is 2.88. The molecule has 3 aromatic carbocycles. The zero-order valence-electron chi connectivity index (χ0n) is 18.9. The van der Waals surface area contributed by atoms with E-state index in [1.54, 1.807) is 12.1 Å². The number of hydrogen-bond acceptors (Lipinski definition) is 4. The molecule has 1 aliphatic rings. The Bertz CT molecular complexity index is 1090. The average molecular weight is 444 g/mol. The summed E-state index contributed by atoms with van der Waals surface area (Å²) in [5.41, 5.74) is 3.33. The van der Waals surface area contributed by atoms with Crippen molar-refractivity contribution in [3.05, 3.63) is 90.0 Å². The summed E-state index contributed by atoms with van der Waals surface area (Å²) in [4.78, 5) is 29.1. The molecule has 170 valence electrons. The van der Waals surface area contributed by atoms with Crippen LogP contribution >= 0.6 is 0 Å². The number of amides is 2. The van der Waals surface area contributed by atoms with Crippen molar-refractivity contribution in [2.75, 3.05) is 36.4 Å². The standard InChI is InChI=1S/C27H29N3O3/c1-2-26(31)30-17-15-29(16-18-30)25-14-7-6-13-24(25)28-27(32)22-11-8-12-23(19-22)33-20-21-9-4-3-5-10-21/h3-14,19H,2,15-18,20H2,1H3,(H,28,32). The highest BCUT2D eigenvalue weighted by Crippen LogP contribution is 2.27. The summed E-state index contributed by atoms with van der Waals surface area (Å²) < 4.78 is 5.87. The Kier molecular flexibility index (Phi) is 7.25. The molecule has 0 saturated carbocycles. The fourth-order valence-corrected chi connectivity index (χ4v) is 3.94. The Hall–Kier alpha value is -3.80. The smallest absolute Gasteiger partial charge is 0.255 e. The summed E-state index contributed by atoms with van der Waals surface area (Å²) in [7, 11) is 0. The number of nitrogens with one attached hydrogen (secondary N) is 1. The maximum absolute atomic E-state index is 13.0. The van der Waals surface area contributed by atoms with Gasteiger partial charge in [0.05, 0.1) is 11.4 Å². The van der Waals surface area contributed by atoms with E-state index in [1.165, 1.54) is 0 Å². The van der Waals surface area contributed by atoms with Crippen molar-refractivity contribution in [3.63, 3.8) is 0 Å². The van der Waals surface area contributed by atoms with E-state index >= 15 is 0 Å². The van der Waals surface area contributed by atoms with Gasteiger partial charge in [0.1, 0.15) is 12.4 Å². The monoisotopic (exact) mass is 443 g/mol. The minimum atomic E-state index is -0.188. The topological polar surface area (TPSA) is 61.9 Å². The fraction of sp³-hybridized carbons (Fsp3) is 0.259. The lowest BCUT2D eigenvalue weighted by atomic mass is 10.1. The van der Waals surface area contributed by atoms with Crippen molar-refractivity contribution in [1.82, 2.24) is 4.90 Å². The fourth-order valence-electron chi connectivity index (χ4n) is 3.94. The molecule has 3 aromatic rings. The second kappa shape index (κ2) is 10.7. The zero-order valence-corrected chi connectivity index (χ0v) is 18.9. The molecule has 2 amide bonds. The van der Waals surface area contributed by atoms with Gasteiger partial charge in [0.15, 0.2) is 0 Å². The van der Waals surface area contributed by atoms with Crippen LogP contribution in [0.25, 0.3) is 0 Å². The van der Waals surface area contributed by atoms with Crippen molar-refractivity contribution in [1.29, 1.82) is 0 Å². The molecule has 0 atom stereocenters. The third-order valence-corrected chi connectivity index (χ3v) is 5.77. The molecule has 4 rings (SSSR count). The molecule has 1 saturated heterocycles. The van der Waals surface area contributed by atoms with Crippen LogP contribution in [-0.2, 0) is 11.4 Å². The molecular formula is C27H29N3O3. The minimum absolute atomic E-state index is 0.186. The lowest BCUT2D eigenvalue weighted by molar-refractivity contribution is -0.131. The Morgan fingerprint density at radius 3 is 2.36 bits per heavy atom. The molecule has 0 radical (unpaired) electrons. The Labute approximate surface area is 194 Å². The maximum Gasteiger partial charge on any atom is 0.255 e. The number of carbonyl (C=O) groups excluding carboxylic acids is 2. The highest BCUT2D eigenvalue weighted by Gasteiger charge is 2.22. The first-order valence-corrected chi connectivity index (χ1v) is 11.3. The van der Waals surface area contributed by atoms with E-state index in [0.717, 1.165) is 30.0 Å². The number of carbonyl (C=O) groups is 2. The number of hydrogen-bond donors (Lipinski definition) is 1. The van der Waals surface area contributed by atoms with Crippen molar-refractivity contribution in [3.8, 4) is 5.75 Å². The van der Waals surface area contributed by atoms with Crippen LogP contribution in [0.1, 0.15) is 29.3 Å². The molecule has 1 aliphatic heterocycles. The molecule has 0 unspecified atom stereocenters. The van der Waals surface area contributed by atoms with Crippen LogP contribution in [0, 0.1) is 0 Å². The molecule has 6 nitrogen and oxygen atoms in total. The molecule has 1 fully saturated rings. The van der Waals surface area contributed by atoms with Gasteiger partial charge in [-0.3, -0.25) is 9.59 Å². The van der Waals surface area contributed by atoms with Crippen LogP contribution in [0.5, 0.6) is 5.75 Å². The lowest BCUT2D eigenvalue weighted by Crippen LogP contribution is -2.48. The van der Waals surface area contributed by atoms with Gasteiger partial charge in [-0.25, -0.2) is 0 Å². The molecule has 6 heteroatoms. The first-order valence-electron chi connectivity index (χ1n) is 11.3. The molecular weight excluding hydrogens is 414 g/mol. The van der Waals surface area contributed by atoms with Gasteiger partial charge in [0.25, 0.3) is 5.91 Å². The predicted octanol–water partition coefficient (Wildman–Crippen LogP) is 4.58. The minimum Gasteiger partial charge on any atom is -0.489 e. The number of anilines is 2. The summed E-state index contributed by atoms with van der Waals surface area (Å²) in [5.74, 6) is 0.648. The maximum atomic E-state index is 13.0.